The molecule has 0 radical (unpaired) electrons. The van der Waals surface area contributed by atoms with Gasteiger partial charge in [0.2, 0.25) is 0 Å². The number of anilines is 3. The monoisotopic (exact) mass is 527 g/mol. The Hall–Kier alpha value is -3.94. The van der Waals surface area contributed by atoms with E-state index in [1.54, 1.807) is 12.3 Å². The molecule has 2 fully saturated rings. The van der Waals surface area contributed by atoms with Gasteiger partial charge in [-0.2, -0.15) is 0 Å². The molecule has 4 rings (SSSR count). The van der Waals surface area contributed by atoms with Gasteiger partial charge in [-0.05, 0) is 62.9 Å². The number of rotatable bonds is 8. The molecule has 7 nitrogen and oxygen atoms in total. The third kappa shape index (κ3) is 7.78. The summed E-state index contributed by atoms with van der Waals surface area (Å²) in [5.74, 6) is 3.16. The van der Waals surface area contributed by atoms with E-state index in [9.17, 15) is 4.79 Å². The van der Waals surface area contributed by atoms with E-state index in [1.807, 2.05) is 43.1 Å². The van der Waals surface area contributed by atoms with Crippen LogP contribution in [-0.2, 0) is 9.53 Å². The lowest BCUT2D eigenvalue weighted by atomic mass is 9.89. The molecule has 2 N–H and O–H groups in total. The number of terminal acetylenes is 2. The van der Waals surface area contributed by atoms with Crippen LogP contribution in [0.3, 0.4) is 0 Å². The molecule has 1 aromatic carbocycles. The minimum Gasteiger partial charge on any atom is -0.464 e. The molecule has 2 unspecified atom stereocenters. The summed E-state index contributed by atoms with van der Waals surface area (Å²) in [6, 6.07) is 13.3. The second-order valence-corrected chi connectivity index (χ2v) is 9.91. The molecule has 206 valence electrons. The molecule has 1 aromatic heterocycles. The Morgan fingerprint density at radius 2 is 1.85 bits per heavy atom. The number of likely N-dealkylation sites (N-methyl/N-ethyl adjacent to an activating group) is 1. The van der Waals surface area contributed by atoms with Crippen LogP contribution in [0.5, 0.6) is 0 Å². The highest BCUT2D eigenvalue weighted by Crippen LogP contribution is 2.27. The molecular formula is C32H41N5O2. The Bertz CT molecular complexity index is 1170. The van der Waals surface area contributed by atoms with Crippen molar-refractivity contribution >= 4 is 23.2 Å². The number of pyridine rings is 1. The Labute approximate surface area is 234 Å². The van der Waals surface area contributed by atoms with Crippen LogP contribution in [-0.4, -0.2) is 56.3 Å². The Kier molecular flexibility index (Phi) is 11.3. The third-order valence-electron chi connectivity index (χ3n) is 7.53. The van der Waals surface area contributed by atoms with Gasteiger partial charge in [-0.25, -0.2) is 9.78 Å². The molecule has 2 aromatic rings. The van der Waals surface area contributed by atoms with E-state index in [2.05, 4.69) is 51.4 Å². The van der Waals surface area contributed by atoms with E-state index in [0.717, 1.165) is 43.0 Å². The predicted octanol–water partition coefficient (Wildman–Crippen LogP) is 4.81. The molecule has 1 saturated heterocycles. The van der Waals surface area contributed by atoms with Crippen molar-refractivity contribution in [2.24, 2.45) is 0 Å². The summed E-state index contributed by atoms with van der Waals surface area (Å²) < 4.78 is 4.93. The van der Waals surface area contributed by atoms with Crippen molar-refractivity contribution in [2.45, 2.75) is 63.6 Å². The highest BCUT2D eigenvalue weighted by atomic mass is 16.5. The molecule has 1 aliphatic heterocycles. The van der Waals surface area contributed by atoms with Crippen molar-refractivity contribution < 1.29 is 9.53 Å². The van der Waals surface area contributed by atoms with Gasteiger partial charge in [0.15, 0.2) is 0 Å². The van der Waals surface area contributed by atoms with Gasteiger partial charge in [0.25, 0.3) is 0 Å². The number of carbonyl (C=O) groups excluding carboxylic acids is 1. The van der Waals surface area contributed by atoms with Crippen LogP contribution in [0.25, 0.3) is 0 Å². The van der Waals surface area contributed by atoms with Crippen molar-refractivity contribution in [3.63, 3.8) is 0 Å². The molecule has 0 amide bonds. The molecule has 3 atom stereocenters. The number of aromatic nitrogens is 1. The van der Waals surface area contributed by atoms with Gasteiger partial charge in [0, 0.05) is 67.5 Å². The minimum atomic E-state index is -0.360. The fourth-order valence-electron chi connectivity index (χ4n) is 5.51. The first-order valence-corrected chi connectivity index (χ1v) is 13.6. The molecule has 2 aliphatic rings. The largest absolute Gasteiger partial charge is 0.464 e. The second-order valence-electron chi connectivity index (χ2n) is 9.91. The molecule has 39 heavy (non-hydrogen) atoms. The average Bonchev–Trinajstić information content (AvgIpc) is 2.99. The Morgan fingerprint density at radius 1 is 1.13 bits per heavy atom. The summed E-state index contributed by atoms with van der Waals surface area (Å²) in [6.45, 7) is 3.90. The summed E-state index contributed by atoms with van der Waals surface area (Å²) >= 11 is 0. The quantitative estimate of drug-likeness (QED) is 0.290. The van der Waals surface area contributed by atoms with Crippen molar-refractivity contribution in [3.05, 3.63) is 59.9 Å². The van der Waals surface area contributed by atoms with E-state index in [0.29, 0.717) is 23.8 Å². The van der Waals surface area contributed by atoms with Gasteiger partial charge < -0.3 is 25.2 Å². The number of esters is 1. The Morgan fingerprint density at radius 3 is 2.51 bits per heavy atom. The van der Waals surface area contributed by atoms with E-state index < -0.39 is 0 Å². The van der Waals surface area contributed by atoms with Crippen molar-refractivity contribution in [1.82, 2.24) is 10.3 Å². The summed E-state index contributed by atoms with van der Waals surface area (Å²) in [5, 5.41) is 7.70. The normalized spacial score (nSPS) is 21.1. The number of nitrogens with one attached hydrogen (secondary N) is 2. The first-order valence-electron chi connectivity index (χ1n) is 13.6. The molecule has 1 saturated carbocycles. The number of hydrogen-bond acceptors (Lipinski definition) is 7. The van der Waals surface area contributed by atoms with Gasteiger partial charge in [-0.15, -0.1) is 19.3 Å². The standard InChI is InChI=1S/C30H39N5O2.C2H2/c1-5-22-13-15-24(16-14-22)35-19-9-10-23(21-35)32-26-11-7-8-12-27(26)33-29-20-25(17-18-31-29)34(3)28(6-2)30(36)37-4;1-2/h1,6,13-18,20,23,26-27,32H,7-12,19,21H2,2-4H3,(H,31,33);1-2H/b28-6-;/t23?,26-,27?;/m1./s1. The lowest BCUT2D eigenvalue weighted by Gasteiger charge is -2.40. The lowest BCUT2D eigenvalue weighted by Crippen LogP contribution is -2.55. The van der Waals surface area contributed by atoms with Crippen molar-refractivity contribution in [3.8, 4) is 25.2 Å². The number of piperidine rings is 1. The SMILES string of the molecule is C#C.C#Cc1ccc(N2CCCC(N[C@@H]3CCCCC3Nc3cc(N(C)/C(=C\C)C(=O)OC)ccn3)C2)cc1. The molecule has 0 bridgehead atoms. The van der Waals surface area contributed by atoms with Gasteiger partial charge >= 0.3 is 5.97 Å². The number of allylic oxidation sites excluding steroid dienone is 1. The van der Waals surface area contributed by atoms with Crippen LogP contribution in [0.2, 0.25) is 0 Å². The maximum Gasteiger partial charge on any atom is 0.354 e. The lowest BCUT2D eigenvalue weighted by molar-refractivity contribution is -0.136. The fourth-order valence-corrected chi connectivity index (χ4v) is 5.51. The topological polar surface area (TPSA) is 69.7 Å². The smallest absolute Gasteiger partial charge is 0.354 e. The maximum absolute atomic E-state index is 12.2. The summed E-state index contributed by atoms with van der Waals surface area (Å²) in [5.41, 5.74) is 3.53. The molecule has 0 spiro atoms. The molecule has 2 heterocycles. The average molecular weight is 528 g/mol. The number of methoxy groups -OCH3 is 1. The highest BCUT2D eigenvalue weighted by Gasteiger charge is 2.29. The van der Waals surface area contributed by atoms with Crippen LogP contribution in [0, 0.1) is 25.2 Å². The first-order chi connectivity index (χ1) is 19.0. The predicted molar refractivity (Wildman–Crippen MR) is 161 cm³/mol. The van der Waals surface area contributed by atoms with Crippen LogP contribution in [0.1, 0.15) is 51.0 Å². The van der Waals surface area contributed by atoms with Crippen LogP contribution < -0.4 is 20.4 Å². The number of hydrogen-bond donors (Lipinski definition) is 2. The molecule has 7 heteroatoms. The molecular weight excluding hydrogens is 486 g/mol. The van der Waals surface area contributed by atoms with Crippen LogP contribution >= 0.6 is 0 Å². The van der Waals surface area contributed by atoms with Crippen LogP contribution in [0.4, 0.5) is 17.2 Å². The maximum atomic E-state index is 12.2. The first kappa shape index (κ1) is 29.6. The zero-order chi connectivity index (χ0) is 28.2. The Balaban J connectivity index is 0.00000205. The van der Waals surface area contributed by atoms with Crippen molar-refractivity contribution in [2.75, 3.05) is 42.4 Å². The highest BCUT2D eigenvalue weighted by molar-refractivity contribution is 5.92. The fraction of sp³-hybridized carbons (Fsp3) is 0.438. The van der Waals surface area contributed by atoms with Gasteiger partial charge in [0.1, 0.15) is 11.5 Å². The summed E-state index contributed by atoms with van der Waals surface area (Å²) in [6.07, 6.45) is 24.1. The molecule has 1 aliphatic carbocycles. The van der Waals surface area contributed by atoms with Gasteiger partial charge in [-0.3, -0.25) is 0 Å². The minimum absolute atomic E-state index is 0.300. The van der Waals surface area contributed by atoms with Gasteiger partial charge in [-0.1, -0.05) is 24.8 Å². The summed E-state index contributed by atoms with van der Waals surface area (Å²) in [7, 11) is 3.27. The zero-order valence-electron chi connectivity index (χ0n) is 23.4. The van der Waals surface area contributed by atoms with Gasteiger partial charge in [0.05, 0.1) is 7.11 Å². The third-order valence-corrected chi connectivity index (χ3v) is 7.53. The second kappa shape index (κ2) is 14.9. The van der Waals surface area contributed by atoms with E-state index in [-0.39, 0.29) is 5.97 Å². The number of carbonyl (C=O) groups is 1. The van der Waals surface area contributed by atoms with Crippen molar-refractivity contribution in [1.29, 1.82) is 0 Å². The zero-order valence-corrected chi connectivity index (χ0v) is 23.4. The van der Waals surface area contributed by atoms with E-state index >= 15 is 0 Å². The summed E-state index contributed by atoms with van der Waals surface area (Å²) in [4.78, 5) is 21.0. The van der Waals surface area contributed by atoms with Crippen LogP contribution in [0.15, 0.2) is 54.4 Å². The number of ether oxygens (including phenoxy) is 1. The number of nitrogens with zero attached hydrogens (tertiary/aromatic N) is 3. The number of benzene rings is 1. The van der Waals surface area contributed by atoms with E-state index in [1.165, 1.54) is 38.5 Å². The van der Waals surface area contributed by atoms with E-state index in [4.69, 9.17) is 11.2 Å².